The van der Waals surface area contributed by atoms with Gasteiger partial charge < -0.3 is 0 Å². The van der Waals surface area contributed by atoms with E-state index in [2.05, 4.69) is 16.8 Å². The van der Waals surface area contributed by atoms with E-state index in [-0.39, 0.29) is 11.6 Å². The molecule has 1 aromatic carbocycles. The zero-order valence-corrected chi connectivity index (χ0v) is 14.4. The third-order valence-electron chi connectivity index (χ3n) is 4.21. The second-order valence-electron chi connectivity index (χ2n) is 6.03. The summed E-state index contributed by atoms with van der Waals surface area (Å²) in [6, 6.07) is 10.0. The van der Waals surface area contributed by atoms with Crippen LogP contribution in [0.5, 0.6) is 0 Å². The minimum Gasteiger partial charge on any atom is -0.273 e. The number of aromatic amines is 1. The molecule has 25 heavy (non-hydrogen) atoms. The highest BCUT2D eigenvalue weighted by atomic mass is 16.7. The maximum Gasteiger partial charge on any atom is 0.330 e. The Hall–Kier alpha value is -2.62. The Morgan fingerprint density at radius 1 is 1.28 bits per heavy atom. The maximum absolute atomic E-state index is 12.2. The average molecular weight is 339 g/mol. The summed E-state index contributed by atoms with van der Waals surface area (Å²) in [6.45, 7) is 2.02. The van der Waals surface area contributed by atoms with E-state index in [1.807, 2.05) is 44.3 Å². The molecule has 1 N–H and O–H groups in total. The fourth-order valence-electron chi connectivity index (χ4n) is 2.90. The molecular formula is C19H21N3O3. The van der Waals surface area contributed by atoms with Crippen molar-refractivity contribution in [2.75, 3.05) is 7.05 Å². The van der Waals surface area contributed by atoms with Crippen LogP contribution in [0.4, 0.5) is 0 Å². The summed E-state index contributed by atoms with van der Waals surface area (Å²) in [4.78, 5) is 32.3. The van der Waals surface area contributed by atoms with Crippen molar-refractivity contribution in [2.45, 2.75) is 38.5 Å². The SMILES string of the molecule is CCCC#Cc1cn([C@@H]2C[C@H](c3ccccc3)N(C)O2)c(=O)[nH]c1=O. The van der Waals surface area contributed by atoms with E-state index in [0.717, 1.165) is 12.0 Å². The smallest absolute Gasteiger partial charge is 0.273 e. The zero-order chi connectivity index (χ0) is 17.8. The molecule has 0 saturated carbocycles. The normalized spacial score (nSPS) is 20.2. The van der Waals surface area contributed by atoms with E-state index in [9.17, 15) is 9.59 Å². The van der Waals surface area contributed by atoms with E-state index < -0.39 is 17.5 Å². The zero-order valence-electron chi connectivity index (χ0n) is 14.4. The van der Waals surface area contributed by atoms with Crippen LogP contribution in [0.1, 0.15) is 49.6 Å². The van der Waals surface area contributed by atoms with E-state index >= 15 is 0 Å². The molecule has 2 atom stereocenters. The van der Waals surface area contributed by atoms with E-state index in [1.54, 1.807) is 5.06 Å². The molecule has 6 heteroatoms. The number of unbranched alkanes of at least 4 members (excludes halogenated alkanes) is 1. The Bertz CT molecular complexity index is 905. The Kier molecular flexibility index (Phi) is 5.17. The third kappa shape index (κ3) is 3.73. The lowest BCUT2D eigenvalue weighted by molar-refractivity contribution is -0.167. The van der Waals surface area contributed by atoms with Crippen LogP contribution in [0, 0.1) is 11.8 Å². The number of rotatable bonds is 3. The molecule has 1 fully saturated rings. The van der Waals surface area contributed by atoms with Gasteiger partial charge in [-0.05, 0) is 12.0 Å². The van der Waals surface area contributed by atoms with Crippen LogP contribution >= 0.6 is 0 Å². The molecule has 0 aliphatic carbocycles. The highest BCUT2D eigenvalue weighted by molar-refractivity contribution is 5.29. The van der Waals surface area contributed by atoms with E-state index in [4.69, 9.17) is 4.84 Å². The first kappa shape index (κ1) is 17.2. The average Bonchev–Trinajstić information content (AvgIpc) is 2.99. The minimum absolute atomic E-state index is 0.0413. The number of nitrogens with zero attached hydrogens (tertiary/aromatic N) is 2. The van der Waals surface area contributed by atoms with Crippen molar-refractivity contribution in [1.82, 2.24) is 14.6 Å². The Balaban J connectivity index is 1.90. The number of hydroxylamine groups is 2. The van der Waals surface area contributed by atoms with Crippen LogP contribution < -0.4 is 11.2 Å². The molecule has 3 rings (SSSR count). The summed E-state index contributed by atoms with van der Waals surface area (Å²) >= 11 is 0. The Morgan fingerprint density at radius 2 is 2.04 bits per heavy atom. The standard InChI is InChI=1S/C19H21N3O3/c1-3-4-6-11-15-13-22(19(24)20-18(15)23)17-12-16(21(2)25-17)14-9-7-5-8-10-14/h5,7-10,13,16-17H,3-4,12H2,1-2H3,(H,20,23,24)/t16-,17+/m1/s1. The van der Waals surface area contributed by atoms with Gasteiger partial charge in [0.05, 0.1) is 6.04 Å². The van der Waals surface area contributed by atoms with Gasteiger partial charge in [-0.1, -0.05) is 49.1 Å². The first-order chi connectivity index (χ1) is 12.1. The summed E-state index contributed by atoms with van der Waals surface area (Å²) in [5.41, 5.74) is 0.448. The van der Waals surface area contributed by atoms with Crippen LogP contribution in [0.15, 0.2) is 46.1 Å². The minimum atomic E-state index is -0.488. The van der Waals surface area contributed by atoms with Crippen LogP contribution in [-0.4, -0.2) is 21.7 Å². The second-order valence-corrected chi connectivity index (χ2v) is 6.03. The van der Waals surface area contributed by atoms with Gasteiger partial charge in [0.15, 0.2) is 6.23 Å². The lowest BCUT2D eigenvalue weighted by Crippen LogP contribution is -2.33. The van der Waals surface area contributed by atoms with Crippen LogP contribution in [-0.2, 0) is 4.84 Å². The van der Waals surface area contributed by atoms with Gasteiger partial charge in [0, 0.05) is 26.1 Å². The van der Waals surface area contributed by atoms with Crippen molar-refractivity contribution in [3.8, 4) is 11.8 Å². The molecule has 1 saturated heterocycles. The fourth-order valence-corrected chi connectivity index (χ4v) is 2.90. The summed E-state index contributed by atoms with van der Waals surface area (Å²) in [7, 11) is 1.84. The van der Waals surface area contributed by atoms with Gasteiger partial charge in [-0.25, -0.2) is 4.79 Å². The molecule has 0 unspecified atom stereocenters. The summed E-state index contributed by atoms with van der Waals surface area (Å²) in [6.07, 6.45) is 3.24. The quantitative estimate of drug-likeness (QED) is 0.871. The summed E-state index contributed by atoms with van der Waals surface area (Å²) in [5.74, 6) is 5.77. The molecule has 2 heterocycles. The van der Waals surface area contributed by atoms with Crippen molar-refractivity contribution in [1.29, 1.82) is 0 Å². The largest absolute Gasteiger partial charge is 0.330 e. The third-order valence-corrected chi connectivity index (χ3v) is 4.21. The molecule has 0 bridgehead atoms. The molecule has 0 radical (unpaired) electrons. The van der Waals surface area contributed by atoms with Gasteiger partial charge in [-0.3, -0.25) is 19.2 Å². The predicted octanol–water partition coefficient (Wildman–Crippen LogP) is 2.20. The van der Waals surface area contributed by atoms with Crippen LogP contribution in [0.25, 0.3) is 0 Å². The fraction of sp³-hybridized carbons (Fsp3) is 0.368. The van der Waals surface area contributed by atoms with Crippen molar-refractivity contribution in [3.05, 3.63) is 68.5 Å². The topological polar surface area (TPSA) is 67.3 Å². The number of benzene rings is 1. The van der Waals surface area contributed by atoms with Gasteiger partial charge in [-0.2, -0.15) is 5.06 Å². The number of H-pyrrole nitrogens is 1. The van der Waals surface area contributed by atoms with Crippen molar-refractivity contribution in [2.24, 2.45) is 0 Å². The Morgan fingerprint density at radius 3 is 2.76 bits per heavy atom. The van der Waals surface area contributed by atoms with Gasteiger partial charge in [-0.15, -0.1) is 0 Å². The highest BCUT2D eigenvalue weighted by Gasteiger charge is 2.33. The lowest BCUT2D eigenvalue weighted by Gasteiger charge is -2.17. The van der Waals surface area contributed by atoms with Crippen LogP contribution in [0.3, 0.4) is 0 Å². The number of hydrogen-bond donors (Lipinski definition) is 1. The van der Waals surface area contributed by atoms with Gasteiger partial charge >= 0.3 is 5.69 Å². The molecule has 1 aliphatic heterocycles. The van der Waals surface area contributed by atoms with E-state index in [1.165, 1.54) is 10.8 Å². The van der Waals surface area contributed by atoms with Gasteiger partial charge in [0.25, 0.3) is 5.56 Å². The second kappa shape index (κ2) is 7.51. The van der Waals surface area contributed by atoms with Crippen molar-refractivity contribution < 1.29 is 4.84 Å². The summed E-state index contributed by atoms with van der Waals surface area (Å²) in [5, 5.41) is 1.75. The molecule has 2 aromatic rings. The van der Waals surface area contributed by atoms with Gasteiger partial charge in [0.1, 0.15) is 5.56 Å². The van der Waals surface area contributed by atoms with Crippen molar-refractivity contribution >= 4 is 0 Å². The molecule has 0 spiro atoms. The predicted molar refractivity (Wildman–Crippen MR) is 94.8 cm³/mol. The first-order valence-corrected chi connectivity index (χ1v) is 8.39. The molecule has 1 aromatic heterocycles. The van der Waals surface area contributed by atoms with Gasteiger partial charge in [0.2, 0.25) is 0 Å². The van der Waals surface area contributed by atoms with Crippen LogP contribution in [0.2, 0.25) is 0 Å². The molecule has 0 amide bonds. The van der Waals surface area contributed by atoms with E-state index in [0.29, 0.717) is 12.8 Å². The molecular weight excluding hydrogens is 318 g/mol. The summed E-state index contributed by atoms with van der Waals surface area (Å²) < 4.78 is 1.41. The number of aromatic nitrogens is 2. The molecule has 1 aliphatic rings. The molecule has 6 nitrogen and oxygen atoms in total. The first-order valence-electron chi connectivity index (χ1n) is 8.39. The lowest BCUT2D eigenvalue weighted by atomic mass is 10.0. The van der Waals surface area contributed by atoms with Crippen molar-refractivity contribution in [3.63, 3.8) is 0 Å². The number of nitrogens with one attached hydrogen (secondary N) is 1. The molecule has 130 valence electrons. The number of hydrogen-bond acceptors (Lipinski definition) is 4. The monoisotopic (exact) mass is 339 g/mol. The maximum atomic E-state index is 12.2. The Labute approximate surface area is 146 Å². The highest BCUT2D eigenvalue weighted by Crippen LogP contribution is 2.36.